The normalized spacial score (nSPS) is 16.6. The minimum atomic E-state index is 0.0536. The highest BCUT2D eigenvalue weighted by Gasteiger charge is 2.41. The number of nitrogens with zero attached hydrogens (tertiary/aromatic N) is 2. The fraction of sp³-hybridized carbons (Fsp3) is 0.636. The van der Waals surface area contributed by atoms with E-state index in [1.807, 2.05) is 13.0 Å². The van der Waals surface area contributed by atoms with E-state index in [-0.39, 0.29) is 18.0 Å². The number of aliphatic hydroxyl groups excluding tert-OH is 1. The van der Waals surface area contributed by atoms with Gasteiger partial charge in [0.15, 0.2) is 0 Å². The molecule has 0 bridgehead atoms. The van der Waals surface area contributed by atoms with Crippen LogP contribution in [0.3, 0.4) is 0 Å². The summed E-state index contributed by atoms with van der Waals surface area (Å²) in [6, 6.07) is 1.83. The first-order valence-electron chi connectivity index (χ1n) is 5.91. The lowest BCUT2D eigenvalue weighted by atomic mass is 10.1. The van der Waals surface area contributed by atoms with Crippen LogP contribution in [-0.4, -0.2) is 34.8 Å². The van der Waals surface area contributed by atoms with Crippen molar-refractivity contribution in [2.75, 3.05) is 36.1 Å². The molecule has 6 nitrogen and oxygen atoms in total. The van der Waals surface area contributed by atoms with Crippen molar-refractivity contribution >= 4 is 17.6 Å². The molecule has 0 atom stereocenters. The second-order valence-corrected chi connectivity index (χ2v) is 4.54. The van der Waals surface area contributed by atoms with Crippen molar-refractivity contribution in [1.29, 1.82) is 0 Å². The van der Waals surface area contributed by atoms with E-state index in [1.165, 1.54) is 0 Å². The van der Waals surface area contributed by atoms with Gasteiger partial charge in [-0.15, -0.1) is 0 Å². The van der Waals surface area contributed by atoms with Gasteiger partial charge in [0.05, 0.1) is 6.61 Å². The molecule has 0 spiro atoms. The molecule has 1 aromatic rings. The number of aromatic nitrogens is 2. The van der Waals surface area contributed by atoms with Crippen LogP contribution in [0.1, 0.15) is 19.8 Å². The molecule has 17 heavy (non-hydrogen) atoms. The first kappa shape index (κ1) is 11.9. The van der Waals surface area contributed by atoms with Crippen molar-refractivity contribution in [2.24, 2.45) is 5.41 Å². The van der Waals surface area contributed by atoms with Crippen molar-refractivity contribution in [2.45, 2.75) is 19.8 Å². The van der Waals surface area contributed by atoms with Gasteiger partial charge in [-0.05, 0) is 19.8 Å². The van der Waals surface area contributed by atoms with Crippen molar-refractivity contribution in [3.63, 3.8) is 0 Å². The average molecular weight is 237 g/mol. The van der Waals surface area contributed by atoms with E-state index in [1.54, 1.807) is 0 Å². The lowest BCUT2D eigenvalue weighted by Gasteiger charge is -2.14. The maximum absolute atomic E-state index is 9.22. The Hall–Kier alpha value is -1.56. The van der Waals surface area contributed by atoms with Crippen LogP contribution in [0.2, 0.25) is 0 Å². The highest BCUT2D eigenvalue weighted by molar-refractivity contribution is 5.51. The molecule has 0 aromatic carbocycles. The van der Waals surface area contributed by atoms with E-state index < -0.39 is 0 Å². The summed E-state index contributed by atoms with van der Waals surface area (Å²) in [5, 5.41) is 15.5. The number of aliphatic hydroxyl groups is 1. The van der Waals surface area contributed by atoms with E-state index >= 15 is 0 Å². The summed E-state index contributed by atoms with van der Waals surface area (Å²) in [7, 11) is 0. The lowest BCUT2D eigenvalue weighted by molar-refractivity contribution is 0.219. The van der Waals surface area contributed by atoms with E-state index in [2.05, 4.69) is 20.6 Å². The van der Waals surface area contributed by atoms with Crippen LogP contribution >= 0.6 is 0 Å². The minimum Gasteiger partial charge on any atom is -0.396 e. The molecule has 5 N–H and O–H groups in total. The summed E-state index contributed by atoms with van der Waals surface area (Å²) in [5.41, 5.74) is 5.68. The average Bonchev–Trinajstić information content (AvgIpc) is 3.07. The number of hydrogen-bond acceptors (Lipinski definition) is 6. The smallest absolute Gasteiger partial charge is 0.223 e. The summed E-state index contributed by atoms with van der Waals surface area (Å²) in [4.78, 5) is 8.19. The Morgan fingerprint density at radius 3 is 2.53 bits per heavy atom. The number of hydrogen-bond donors (Lipinski definition) is 4. The Morgan fingerprint density at radius 1 is 1.35 bits per heavy atom. The lowest BCUT2D eigenvalue weighted by Crippen LogP contribution is -2.20. The molecule has 1 saturated carbocycles. The zero-order valence-corrected chi connectivity index (χ0v) is 10.0. The van der Waals surface area contributed by atoms with Crippen molar-refractivity contribution in [3.05, 3.63) is 6.07 Å². The summed E-state index contributed by atoms with van der Waals surface area (Å²) in [6.45, 7) is 3.74. The molecule has 1 aliphatic rings. The molecule has 1 aromatic heterocycles. The Morgan fingerprint density at radius 2 is 2.00 bits per heavy atom. The largest absolute Gasteiger partial charge is 0.396 e. The highest BCUT2D eigenvalue weighted by Crippen LogP contribution is 2.44. The molecule has 0 aliphatic heterocycles. The van der Waals surface area contributed by atoms with Gasteiger partial charge in [0, 0.05) is 24.6 Å². The van der Waals surface area contributed by atoms with Gasteiger partial charge in [0.1, 0.15) is 11.6 Å². The zero-order valence-electron chi connectivity index (χ0n) is 10.0. The van der Waals surface area contributed by atoms with Crippen LogP contribution in [0.5, 0.6) is 0 Å². The first-order valence-corrected chi connectivity index (χ1v) is 5.91. The van der Waals surface area contributed by atoms with Gasteiger partial charge in [-0.1, -0.05) is 0 Å². The molecule has 6 heteroatoms. The van der Waals surface area contributed by atoms with Gasteiger partial charge in [0.25, 0.3) is 0 Å². The van der Waals surface area contributed by atoms with Gasteiger partial charge in [-0.2, -0.15) is 9.97 Å². The van der Waals surface area contributed by atoms with Crippen LogP contribution in [0.15, 0.2) is 6.07 Å². The van der Waals surface area contributed by atoms with Crippen LogP contribution < -0.4 is 16.4 Å². The fourth-order valence-corrected chi connectivity index (χ4v) is 1.67. The minimum absolute atomic E-state index is 0.0536. The third kappa shape index (κ3) is 2.97. The van der Waals surface area contributed by atoms with E-state index in [0.29, 0.717) is 5.82 Å². The summed E-state index contributed by atoms with van der Waals surface area (Å²) < 4.78 is 0. The number of nitrogens with one attached hydrogen (secondary N) is 2. The molecule has 0 amide bonds. The maximum atomic E-state index is 9.22. The number of nitrogen functional groups attached to an aromatic ring is 1. The number of nitrogens with two attached hydrogens (primary N) is 1. The Kier molecular flexibility index (Phi) is 3.33. The monoisotopic (exact) mass is 237 g/mol. The van der Waals surface area contributed by atoms with Crippen LogP contribution in [-0.2, 0) is 0 Å². The maximum Gasteiger partial charge on any atom is 0.223 e. The molecule has 1 aliphatic carbocycles. The van der Waals surface area contributed by atoms with Crippen molar-refractivity contribution < 1.29 is 5.11 Å². The van der Waals surface area contributed by atoms with Crippen LogP contribution in [0.25, 0.3) is 0 Å². The third-order valence-corrected chi connectivity index (χ3v) is 3.04. The van der Waals surface area contributed by atoms with E-state index in [0.717, 1.165) is 31.7 Å². The second kappa shape index (κ2) is 4.75. The standard InChI is InChI=1S/C11H19N5O/c1-2-13-8-5-9(16-10(12)15-8)14-6-11(7-17)3-4-11/h5,17H,2-4,6-7H2,1H3,(H4,12,13,14,15,16). The van der Waals surface area contributed by atoms with Gasteiger partial charge < -0.3 is 21.5 Å². The molecule has 2 rings (SSSR count). The van der Waals surface area contributed by atoms with Crippen molar-refractivity contribution in [3.8, 4) is 0 Å². The first-order chi connectivity index (χ1) is 8.17. The van der Waals surface area contributed by atoms with Crippen LogP contribution in [0.4, 0.5) is 17.6 Å². The summed E-state index contributed by atoms with van der Waals surface area (Å²) >= 11 is 0. The van der Waals surface area contributed by atoms with Crippen LogP contribution in [0, 0.1) is 5.41 Å². The molecule has 0 saturated heterocycles. The molecule has 1 fully saturated rings. The predicted molar refractivity (Wildman–Crippen MR) is 67.9 cm³/mol. The Bertz CT molecular complexity index is 391. The Labute approximate surface area is 101 Å². The fourth-order valence-electron chi connectivity index (χ4n) is 1.67. The van der Waals surface area contributed by atoms with E-state index in [4.69, 9.17) is 5.73 Å². The Balaban J connectivity index is 2.00. The van der Waals surface area contributed by atoms with Gasteiger partial charge in [-0.25, -0.2) is 0 Å². The predicted octanol–water partition coefficient (Wildman–Crippen LogP) is 0.675. The summed E-state index contributed by atoms with van der Waals surface area (Å²) in [5.74, 6) is 1.67. The number of rotatable bonds is 6. The topological polar surface area (TPSA) is 96.1 Å². The van der Waals surface area contributed by atoms with Crippen molar-refractivity contribution in [1.82, 2.24) is 9.97 Å². The zero-order chi connectivity index (χ0) is 12.3. The van der Waals surface area contributed by atoms with Gasteiger partial charge >= 0.3 is 0 Å². The number of anilines is 3. The summed E-state index contributed by atoms with van der Waals surface area (Å²) in [6.07, 6.45) is 2.13. The SMILES string of the molecule is CCNc1cc(NCC2(CO)CC2)nc(N)n1. The van der Waals surface area contributed by atoms with Gasteiger partial charge in [0.2, 0.25) is 5.95 Å². The molecular formula is C11H19N5O. The molecular weight excluding hydrogens is 218 g/mol. The second-order valence-electron chi connectivity index (χ2n) is 4.54. The molecule has 1 heterocycles. The molecule has 0 radical (unpaired) electrons. The van der Waals surface area contributed by atoms with Gasteiger partial charge in [-0.3, -0.25) is 0 Å². The molecule has 0 unspecified atom stereocenters. The quantitative estimate of drug-likeness (QED) is 0.581. The molecule has 94 valence electrons. The highest BCUT2D eigenvalue weighted by atomic mass is 16.3. The van der Waals surface area contributed by atoms with E-state index in [9.17, 15) is 5.11 Å². The third-order valence-electron chi connectivity index (χ3n) is 3.04.